The summed E-state index contributed by atoms with van der Waals surface area (Å²) in [6.45, 7) is 1.81. The summed E-state index contributed by atoms with van der Waals surface area (Å²) in [6.07, 6.45) is 1.06. The number of benzene rings is 1. The average Bonchev–Trinajstić information content (AvgIpc) is 2.54. The van der Waals surface area contributed by atoms with Crippen LogP contribution in [0.4, 0.5) is 5.69 Å². The van der Waals surface area contributed by atoms with Crippen LogP contribution < -0.4 is 20.7 Å². The number of ether oxygens (including phenoxy) is 1. The van der Waals surface area contributed by atoms with E-state index in [2.05, 4.69) is 5.32 Å². The molecule has 6 nitrogen and oxygen atoms in total. The first kappa shape index (κ1) is 13.9. The van der Waals surface area contributed by atoms with Gasteiger partial charge in [-0.15, -0.1) is 0 Å². The van der Waals surface area contributed by atoms with Crippen molar-refractivity contribution in [2.75, 3.05) is 24.5 Å². The van der Waals surface area contributed by atoms with Crippen LogP contribution in [0.15, 0.2) is 24.3 Å². The van der Waals surface area contributed by atoms with E-state index in [1.165, 1.54) is 0 Å². The van der Waals surface area contributed by atoms with Crippen molar-refractivity contribution >= 4 is 17.5 Å². The number of hydrogen-bond acceptors (Lipinski definition) is 4. The standard InChI is InChI=1S/C15H19N3O3/c16-14(19)13-9-18(11-5-1-2-6-12(11)21-13)15(20)10-4-3-7-17-8-10/h1-2,5-6,10,13,17H,3-4,7-9H2,(H2,16,19)/t10-,13?/m1/s1. The predicted molar refractivity (Wildman–Crippen MR) is 78.0 cm³/mol. The lowest BCUT2D eigenvalue weighted by molar-refractivity contribution is -0.126. The Balaban J connectivity index is 1.88. The Morgan fingerprint density at radius 3 is 2.86 bits per heavy atom. The average molecular weight is 289 g/mol. The number of para-hydroxylation sites is 2. The zero-order valence-electron chi connectivity index (χ0n) is 11.7. The summed E-state index contributed by atoms with van der Waals surface area (Å²) in [4.78, 5) is 25.9. The molecule has 3 rings (SSSR count). The molecular weight excluding hydrogens is 270 g/mol. The molecule has 0 saturated carbocycles. The Morgan fingerprint density at radius 2 is 2.14 bits per heavy atom. The van der Waals surface area contributed by atoms with E-state index in [9.17, 15) is 9.59 Å². The van der Waals surface area contributed by atoms with Gasteiger partial charge in [-0.1, -0.05) is 12.1 Å². The third-order valence-electron chi connectivity index (χ3n) is 4.00. The summed E-state index contributed by atoms with van der Waals surface area (Å²) < 4.78 is 5.58. The number of nitrogens with one attached hydrogen (secondary N) is 1. The molecule has 2 atom stereocenters. The summed E-state index contributed by atoms with van der Waals surface area (Å²) in [5.74, 6) is -0.0450. The number of rotatable bonds is 2. The van der Waals surface area contributed by atoms with Gasteiger partial charge in [-0.3, -0.25) is 9.59 Å². The minimum Gasteiger partial charge on any atom is -0.477 e. The highest BCUT2D eigenvalue weighted by atomic mass is 16.5. The Bertz CT molecular complexity index is 555. The molecule has 0 radical (unpaired) electrons. The van der Waals surface area contributed by atoms with E-state index in [4.69, 9.17) is 10.5 Å². The first-order valence-electron chi connectivity index (χ1n) is 7.24. The van der Waals surface area contributed by atoms with E-state index >= 15 is 0 Å². The molecule has 0 aliphatic carbocycles. The van der Waals surface area contributed by atoms with Gasteiger partial charge < -0.3 is 20.7 Å². The number of carbonyl (C=O) groups is 2. The van der Waals surface area contributed by atoms with Crippen LogP contribution in [0.2, 0.25) is 0 Å². The maximum Gasteiger partial charge on any atom is 0.260 e. The highest BCUT2D eigenvalue weighted by molar-refractivity contribution is 5.98. The van der Waals surface area contributed by atoms with Gasteiger partial charge in [0.25, 0.3) is 5.91 Å². The number of piperidine rings is 1. The van der Waals surface area contributed by atoms with Crippen molar-refractivity contribution in [1.29, 1.82) is 0 Å². The third-order valence-corrected chi connectivity index (χ3v) is 4.00. The SMILES string of the molecule is NC(=O)C1CN(C(=O)[C@@H]2CCCNC2)c2ccccc2O1. The van der Waals surface area contributed by atoms with Gasteiger partial charge >= 0.3 is 0 Å². The van der Waals surface area contributed by atoms with Gasteiger partial charge in [0.1, 0.15) is 5.75 Å². The van der Waals surface area contributed by atoms with Crippen LogP contribution in [0.1, 0.15) is 12.8 Å². The van der Waals surface area contributed by atoms with Gasteiger partial charge in [0.15, 0.2) is 6.10 Å². The van der Waals surface area contributed by atoms with E-state index in [0.717, 1.165) is 19.4 Å². The Kier molecular flexibility index (Phi) is 3.79. The minimum atomic E-state index is -0.791. The molecule has 0 bridgehead atoms. The van der Waals surface area contributed by atoms with Gasteiger partial charge in [-0.25, -0.2) is 0 Å². The molecule has 0 aromatic heterocycles. The van der Waals surface area contributed by atoms with Crippen molar-refractivity contribution < 1.29 is 14.3 Å². The van der Waals surface area contributed by atoms with Gasteiger partial charge in [-0.05, 0) is 31.5 Å². The van der Waals surface area contributed by atoms with Crippen LogP contribution >= 0.6 is 0 Å². The molecule has 2 heterocycles. The lowest BCUT2D eigenvalue weighted by Gasteiger charge is -2.36. The minimum absolute atomic E-state index is 0.0317. The van der Waals surface area contributed by atoms with E-state index in [1.807, 2.05) is 18.2 Å². The second-order valence-electron chi connectivity index (χ2n) is 5.47. The number of anilines is 1. The summed E-state index contributed by atoms with van der Waals surface area (Å²) in [6, 6.07) is 7.25. The van der Waals surface area contributed by atoms with E-state index in [0.29, 0.717) is 18.0 Å². The first-order valence-corrected chi connectivity index (χ1v) is 7.24. The van der Waals surface area contributed by atoms with Crippen LogP contribution in [0.25, 0.3) is 0 Å². The van der Waals surface area contributed by atoms with Crippen LogP contribution in [-0.2, 0) is 9.59 Å². The Hall–Kier alpha value is -2.08. The number of fused-ring (bicyclic) bond motifs is 1. The summed E-state index contributed by atoms with van der Waals surface area (Å²) in [5, 5.41) is 3.24. The number of primary amides is 1. The fourth-order valence-electron chi connectivity index (χ4n) is 2.87. The van der Waals surface area contributed by atoms with E-state index in [1.54, 1.807) is 11.0 Å². The topological polar surface area (TPSA) is 84.7 Å². The molecule has 1 aromatic carbocycles. The van der Waals surface area contributed by atoms with Gasteiger partial charge in [-0.2, -0.15) is 0 Å². The normalized spacial score (nSPS) is 24.9. The second-order valence-corrected chi connectivity index (χ2v) is 5.47. The van der Waals surface area contributed by atoms with Gasteiger partial charge in [0.2, 0.25) is 5.91 Å². The lowest BCUT2D eigenvalue weighted by Crippen LogP contribution is -2.52. The van der Waals surface area contributed by atoms with Crippen molar-refractivity contribution in [2.24, 2.45) is 11.7 Å². The largest absolute Gasteiger partial charge is 0.477 e. The lowest BCUT2D eigenvalue weighted by atomic mass is 9.97. The van der Waals surface area contributed by atoms with Crippen LogP contribution in [-0.4, -0.2) is 37.6 Å². The molecule has 6 heteroatoms. The van der Waals surface area contributed by atoms with Crippen molar-refractivity contribution in [3.8, 4) is 5.75 Å². The number of nitrogens with zero attached hydrogens (tertiary/aromatic N) is 1. The molecule has 1 unspecified atom stereocenters. The first-order chi connectivity index (χ1) is 10.2. The van der Waals surface area contributed by atoms with Crippen LogP contribution in [0.5, 0.6) is 5.75 Å². The third kappa shape index (κ3) is 2.71. The molecule has 1 saturated heterocycles. The molecule has 3 N–H and O–H groups in total. The molecule has 21 heavy (non-hydrogen) atoms. The highest BCUT2D eigenvalue weighted by Crippen LogP contribution is 2.34. The molecule has 1 fully saturated rings. The predicted octanol–water partition coefficient (Wildman–Crippen LogP) is 0.265. The fraction of sp³-hybridized carbons (Fsp3) is 0.467. The van der Waals surface area contributed by atoms with Crippen molar-refractivity contribution in [3.05, 3.63) is 24.3 Å². The van der Waals surface area contributed by atoms with E-state index < -0.39 is 12.0 Å². The number of amides is 2. The zero-order valence-corrected chi connectivity index (χ0v) is 11.7. The Labute approximate surface area is 123 Å². The molecule has 2 amide bonds. The fourth-order valence-corrected chi connectivity index (χ4v) is 2.87. The van der Waals surface area contributed by atoms with Gasteiger partial charge in [0.05, 0.1) is 18.2 Å². The second kappa shape index (κ2) is 5.73. The molecular formula is C15H19N3O3. The zero-order chi connectivity index (χ0) is 14.8. The van der Waals surface area contributed by atoms with Crippen LogP contribution in [0, 0.1) is 5.92 Å². The number of hydrogen-bond donors (Lipinski definition) is 2. The smallest absolute Gasteiger partial charge is 0.260 e. The molecule has 112 valence electrons. The van der Waals surface area contributed by atoms with Crippen molar-refractivity contribution in [1.82, 2.24) is 5.32 Å². The number of carbonyl (C=O) groups excluding carboxylic acids is 2. The summed E-state index contributed by atoms with van der Waals surface area (Å²) in [5.41, 5.74) is 6.06. The summed E-state index contributed by atoms with van der Waals surface area (Å²) >= 11 is 0. The maximum atomic E-state index is 12.8. The highest BCUT2D eigenvalue weighted by Gasteiger charge is 2.35. The monoisotopic (exact) mass is 289 g/mol. The quantitative estimate of drug-likeness (QED) is 0.818. The Morgan fingerprint density at radius 1 is 1.33 bits per heavy atom. The number of nitrogens with two attached hydrogens (primary N) is 1. The molecule has 0 spiro atoms. The molecule has 2 aliphatic rings. The van der Waals surface area contributed by atoms with E-state index in [-0.39, 0.29) is 18.4 Å². The molecule has 1 aromatic rings. The van der Waals surface area contributed by atoms with Crippen molar-refractivity contribution in [3.63, 3.8) is 0 Å². The van der Waals surface area contributed by atoms with Crippen molar-refractivity contribution in [2.45, 2.75) is 18.9 Å². The summed E-state index contributed by atoms with van der Waals surface area (Å²) in [7, 11) is 0. The van der Waals surface area contributed by atoms with Gasteiger partial charge in [0, 0.05) is 6.54 Å². The van der Waals surface area contributed by atoms with Crippen LogP contribution in [0.3, 0.4) is 0 Å². The maximum absolute atomic E-state index is 12.8. The molecule has 2 aliphatic heterocycles.